The lowest BCUT2D eigenvalue weighted by Crippen LogP contribution is -2.34. The largest absolute Gasteiger partial charge is 0.350 e. The van der Waals surface area contributed by atoms with Crippen molar-refractivity contribution in [1.29, 1.82) is 0 Å². The molecule has 20 heavy (non-hydrogen) atoms. The molecule has 0 spiro atoms. The first-order valence-electron chi connectivity index (χ1n) is 6.18. The number of carbonyl (C=O) groups is 2. The van der Waals surface area contributed by atoms with Gasteiger partial charge in [-0.3, -0.25) is 14.5 Å². The van der Waals surface area contributed by atoms with Crippen LogP contribution in [0.2, 0.25) is 5.02 Å². The van der Waals surface area contributed by atoms with Crippen molar-refractivity contribution in [2.75, 3.05) is 11.9 Å². The van der Waals surface area contributed by atoms with E-state index in [9.17, 15) is 9.59 Å². The van der Waals surface area contributed by atoms with Gasteiger partial charge >= 0.3 is 0 Å². The molecule has 5 nitrogen and oxygen atoms in total. The van der Waals surface area contributed by atoms with E-state index < -0.39 is 6.04 Å². The summed E-state index contributed by atoms with van der Waals surface area (Å²) in [5, 5.41) is 6.54. The number of thiocarbonyl (C=S) groups is 1. The maximum Gasteiger partial charge on any atom is 0.251 e. The Hall–Kier alpha value is -1.66. The summed E-state index contributed by atoms with van der Waals surface area (Å²) in [4.78, 5) is 25.3. The van der Waals surface area contributed by atoms with Gasteiger partial charge in [0.2, 0.25) is 5.91 Å². The van der Waals surface area contributed by atoms with Crippen LogP contribution in [-0.4, -0.2) is 34.4 Å². The summed E-state index contributed by atoms with van der Waals surface area (Å²) in [5.74, 6) is -0.414. The first-order valence-corrected chi connectivity index (χ1v) is 6.97. The molecule has 0 bridgehead atoms. The number of nitrogens with one attached hydrogen (secondary N) is 2. The molecular formula is C13H14ClN3O2S. The molecule has 1 atom stereocenters. The van der Waals surface area contributed by atoms with E-state index in [1.54, 1.807) is 24.3 Å². The molecule has 2 amide bonds. The molecule has 1 heterocycles. The predicted molar refractivity (Wildman–Crippen MR) is 81.6 cm³/mol. The second-order valence-electron chi connectivity index (χ2n) is 4.34. The SMILES string of the molecule is CCN1C(=O)[C@H](CC(=O)Nc2ccc(Cl)cc2)NC1=S. The number of amides is 2. The van der Waals surface area contributed by atoms with Crippen molar-refractivity contribution >= 4 is 46.4 Å². The van der Waals surface area contributed by atoms with Crippen LogP contribution in [0.4, 0.5) is 5.69 Å². The van der Waals surface area contributed by atoms with Gasteiger partial charge in [0.15, 0.2) is 5.11 Å². The smallest absolute Gasteiger partial charge is 0.251 e. The number of hydrogen-bond donors (Lipinski definition) is 2. The Bertz CT molecular complexity index is 547. The van der Waals surface area contributed by atoms with E-state index in [0.717, 1.165) is 0 Å². The average molecular weight is 312 g/mol. The third-order valence-corrected chi connectivity index (χ3v) is 3.53. The van der Waals surface area contributed by atoms with Gasteiger partial charge in [0.1, 0.15) is 6.04 Å². The number of benzene rings is 1. The summed E-state index contributed by atoms with van der Waals surface area (Å²) in [6, 6.07) is 6.18. The zero-order valence-corrected chi connectivity index (χ0v) is 12.4. The fourth-order valence-corrected chi connectivity index (χ4v) is 2.43. The quantitative estimate of drug-likeness (QED) is 0.832. The van der Waals surface area contributed by atoms with Gasteiger partial charge in [0.25, 0.3) is 5.91 Å². The topological polar surface area (TPSA) is 61.4 Å². The second kappa shape index (κ2) is 6.19. The van der Waals surface area contributed by atoms with Crippen LogP contribution in [0.25, 0.3) is 0 Å². The van der Waals surface area contributed by atoms with Crippen LogP contribution in [-0.2, 0) is 9.59 Å². The predicted octanol–water partition coefficient (Wildman–Crippen LogP) is 1.77. The van der Waals surface area contributed by atoms with E-state index in [0.29, 0.717) is 22.4 Å². The Labute approximate surface area is 127 Å². The van der Waals surface area contributed by atoms with Crippen LogP contribution in [0.1, 0.15) is 13.3 Å². The minimum atomic E-state index is -0.588. The van der Waals surface area contributed by atoms with Crippen molar-refractivity contribution in [2.24, 2.45) is 0 Å². The number of nitrogens with zero attached hydrogens (tertiary/aromatic N) is 1. The molecule has 2 rings (SSSR count). The molecule has 0 saturated carbocycles. The maximum absolute atomic E-state index is 12.0. The molecule has 1 aliphatic heterocycles. The van der Waals surface area contributed by atoms with Crippen molar-refractivity contribution < 1.29 is 9.59 Å². The van der Waals surface area contributed by atoms with Gasteiger partial charge in [-0.05, 0) is 43.4 Å². The van der Waals surface area contributed by atoms with E-state index in [1.807, 2.05) is 6.92 Å². The third-order valence-electron chi connectivity index (χ3n) is 2.94. The Morgan fingerprint density at radius 1 is 1.45 bits per heavy atom. The molecule has 1 saturated heterocycles. The van der Waals surface area contributed by atoms with Crippen LogP contribution >= 0.6 is 23.8 Å². The molecule has 106 valence electrons. The molecule has 1 aromatic carbocycles. The van der Waals surface area contributed by atoms with Crippen LogP contribution in [0.3, 0.4) is 0 Å². The summed E-state index contributed by atoms with van der Waals surface area (Å²) >= 11 is 10.8. The molecule has 7 heteroatoms. The van der Waals surface area contributed by atoms with Crippen LogP contribution < -0.4 is 10.6 Å². The molecule has 0 aliphatic carbocycles. The summed E-state index contributed by atoms with van der Waals surface area (Å²) < 4.78 is 0. The van der Waals surface area contributed by atoms with Gasteiger partial charge in [-0.1, -0.05) is 11.6 Å². The van der Waals surface area contributed by atoms with Crippen molar-refractivity contribution in [2.45, 2.75) is 19.4 Å². The minimum absolute atomic E-state index is 0.0398. The molecule has 1 aliphatic rings. The molecule has 1 aromatic rings. The summed E-state index contributed by atoms with van der Waals surface area (Å²) in [5.41, 5.74) is 0.639. The molecule has 2 N–H and O–H groups in total. The highest BCUT2D eigenvalue weighted by Crippen LogP contribution is 2.15. The summed E-state index contributed by atoms with van der Waals surface area (Å²) in [6.45, 7) is 2.34. The van der Waals surface area contributed by atoms with E-state index in [2.05, 4.69) is 10.6 Å². The second-order valence-corrected chi connectivity index (χ2v) is 5.17. The van der Waals surface area contributed by atoms with Crippen molar-refractivity contribution in [3.63, 3.8) is 0 Å². The molecule has 0 aromatic heterocycles. The Kier molecular flexibility index (Phi) is 4.57. The van der Waals surface area contributed by atoms with Crippen molar-refractivity contribution in [3.05, 3.63) is 29.3 Å². The van der Waals surface area contributed by atoms with E-state index in [1.165, 1.54) is 4.90 Å². The van der Waals surface area contributed by atoms with Gasteiger partial charge in [0, 0.05) is 17.3 Å². The fraction of sp³-hybridized carbons (Fsp3) is 0.308. The zero-order chi connectivity index (χ0) is 14.7. The normalized spacial score (nSPS) is 18.1. The third kappa shape index (κ3) is 3.26. The molecule has 1 fully saturated rings. The molecular weight excluding hydrogens is 298 g/mol. The Morgan fingerprint density at radius 3 is 2.65 bits per heavy atom. The number of halogens is 1. The van der Waals surface area contributed by atoms with Crippen molar-refractivity contribution in [3.8, 4) is 0 Å². The molecule has 0 radical (unpaired) electrons. The Morgan fingerprint density at radius 2 is 2.10 bits per heavy atom. The highest BCUT2D eigenvalue weighted by molar-refractivity contribution is 7.80. The van der Waals surface area contributed by atoms with Gasteiger partial charge < -0.3 is 10.6 Å². The van der Waals surface area contributed by atoms with E-state index >= 15 is 0 Å². The minimum Gasteiger partial charge on any atom is -0.350 e. The van der Waals surface area contributed by atoms with Crippen LogP contribution in [0.5, 0.6) is 0 Å². The monoisotopic (exact) mass is 311 g/mol. The van der Waals surface area contributed by atoms with E-state index in [-0.39, 0.29) is 18.2 Å². The van der Waals surface area contributed by atoms with Gasteiger partial charge in [-0.25, -0.2) is 0 Å². The van der Waals surface area contributed by atoms with Gasteiger partial charge in [-0.2, -0.15) is 0 Å². The average Bonchev–Trinajstić information content (AvgIpc) is 2.67. The van der Waals surface area contributed by atoms with E-state index in [4.69, 9.17) is 23.8 Å². The highest BCUT2D eigenvalue weighted by Gasteiger charge is 2.35. The van der Waals surface area contributed by atoms with Crippen LogP contribution in [0.15, 0.2) is 24.3 Å². The lowest BCUT2D eigenvalue weighted by molar-refractivity contribution is -0.129. The van der Waals surface area contributed by atoms with Gasteiger partial charge in [-0.15, -0.1) is 0 Å². The highest BCUT2D eigenvalue weighted by atomic mass is 35.5. The standard InChI is InChI=1S/C13H14ClN3O2S/c1-2-17-12(19)10(16-13(17)20)7-11(18)15-9-5-3-8(14)4-6-9/h3-6,10H,2,7H2,1H3,(H,15,18)(H,16,20)/t10-/m0/s1. The number of hydrogen-bond acceptors (Lipinski definition) is 3. The van der Waals surface area contributed by atoms with Crippen LogP contribution in [0, 0.1) is 0 Å². The number of carbonyl (C=O) groups excluding carboxylic acids is 2. The molecule has 0 unspecified atom stereocenters. The Balaban J connectivity index is 1.94. The van der Waals surface area contributed by atoms with Crippen molar-refractivity contribution in [1.82, 2.24) is 10.2 Å². The first kappa shape index (κ1) is 14.7. The number of anilines is 1. The van der Waals surface area contributed by atoms with Gasteiger partial charge in [0.05, 0.1) is 6.42 Å². The summed E-state index contributed by atoms with van der Waals surface area (Å²) in [6.07, 6.45) is 0.0398. The fourth-order valence-electron chi connectivity index (χ4n) is 1.95. The summed E-state index contributed by atoms with van der Waals surface area (Å²) in [7, 11) is 0. The first-order chi connectivity index (χ1) is 9.51. The maximum atomic E-state index is 12.0. The zero-order valence-electron chi connectivity index (χ0n) is 10.9. The number of rotatable bonds is 4. The number of likely N-dealkylation sites (N-methyl/N-ethyl adjacent to an activating group) is 1. The lowest BCUT2D eigenvalue weighted by atomic mass is 10.2. The lowest BCUT2D eigenvalue weighted by Gasteiger charge is -2.11.